The predicted molar refractivity (Wildman–Crippen MR) is 72.2 cm³/mol. The van der Waals surface area contributed by atoms with E-state index < -0.39 is 9.05 Å². The minimum absolute atomic E-state index is 0.190. The van der Waals surface area contributed by atoms with E-state index in [4.69, 9.17) is 10.7 Å². The van der Waals surface area contributed by atoms with Crippen molar-refractivity contribution in [1.82, 2.24) is 0 Å². The SMILES string of the molecule is O=S(=O)(Cl)c1cccc(SCC2CCCC2)c1. The molecule has 2 nitrogen and oxygen atoms in total. The van der Waals surface area contributed by atoms with Crippen LogP contribution in [0.3, 0.4) is 0 Å². The lowest BCUT2D eigenvalue weighted by atomic mass is 10.1. The molecule has 0 amide bonds. The molecule has 0 radical (unpaired) electrons. The summed E-state index contributed by atoms with van der Waals surface area (Å²) in [4.78, 5) is 1.18. The Morgan fingerprint density at radius 3 is 2.65 bits per heavy atom. The lowest BCUT2D eigenvalue weighted by Gasteiger charge is -2.08. The first-order valence-corrected chi connectivity index (χ1v) is 9.03. The van der Waals surface area contributed by atoms with Crippen molar-refractivity contribution in [3.05, 3.63) is 24.3 Å². The van der Waals surface area contributed by atoms with Gasteiger partial charge in [-0.1, -0.05) is 18.9 Å². The maximum Gasteiger partial charge on any atom is 0.261 e. The zero-order valence-electron chi connectivity index (χ0n) is 9.43. The molecular weight excluding hydrogens is 276 g/mol. The first-order valence-electron chi connectivity index (χ1n) is 5.73. The minimum Gasteiger partial charge on any atom is -0.207 e. The van der Waals surface area contributed by atoms with Gasteiger partial charge < -0.3 is 0 Å². The number of thioether (sulfide) groups is 1. The number of benzene rings is 1. The average molecular weight is 291 g/mol. The third kappa shape index (κ3) is 3.90. The van der Waals surface area contributed by atoms with E-state index in [1.54, 1.807) is 23.9 Å². The van der Waals surface area contributed by atoms with Crippen LogP contribution in [0.15, 0.2) is 34.1 Å². The highest BCUT2D eigenvalue weighted by molar-refractivity contribution is 8.13. The standard InChI is InChI=1S/C12H15ClO2S2/c13-17(14,15)12-7-3-6-11(8-12)16-9-10-4-1-2-5-10/h3,6-8,10H,1-2,4-5,9H2. The third-order valence-corrected chi connectivity index (χ3v) is 5.62. The molecule has 0 aliphatic heterocycles. The van der Waals surface area contributed by atoms with Crippen LogP contribution in [0.5, 0.6) is 0 Å². The van der Waals surface area contributed by atoms with Crippen molar-refractivity contribution >= 4 is 31.5 Å². The van der Waals surface area contributed by atoms with E-state index in [0.29, 0.717) is 0 Å². The van der Waals surface area contributed by atoms with Crippen LogP contribution in [0.1, 0.15) is 25.7 Å². The zero-order valence-corrected chi connectivity index (χ0v) is 11.8. The van der Waals surface area contributed by atoms with E-state index in [1.807, 2.05) is 6.07 Å². The summed E-state index contributed by atoms with van der Waals surface area (Å²) >= 11 is 1.72. The van der Waals surface area contributed by atoms with Crippen LogP contribution < -0.4 is 0 Å². The molecule has 2 rings (SSSR count). The molecule has 0 spiro atoms. The minimum atomic E-state index is -3.60. The molecule has 1 aromatic carbocycles. The molecule has 1 saturated carbocycles. The Balaban J connectivity index is 2.01. The van der Waals surface area contributed by atoms with Gasteiger partial charge >= 0.3 is 0 Å². The third-order valence-electron chi connectivity index (χ3n) is 3.05. The Kier molecular flexibility index (Phi) is 4.39. The van der Waals surface area contributed by atoms with Crippen LogP contribution in [0.2, 0.25) is 0 Å². The van der Waals surface area contributed by atoms with Gasteiger partial charge in [0.05, 0.1) is 4.90 Å². The monoisotopic (exact) mass is 290 g/mol. The Morgan fingerprint density at radius 1 is 1.29 bits per heavy atom. The highest BCUT2D eigenvalue weighted by atomic mass is 35.7. The quantitative estimate of drug-likeness (QED) is 0.623. The Labute approximate surface area is 111 Å². The molecule has 0 N–H and O–H groups in total. The van der Waals surface area contributed by atoms with E-state index in [1.165, 1.54) is 31.7 Å². The fourth-order valence-corrected chi connectivity index (χ4v) is 4.12. The summed E-state index contributed by atoms with van der Waals surface area (Å²) in [7, 11) is 1.72. The van der Waals surface area contributed by atoms with E-state index in [9.17, 15) is 8.42 Å². The summed E-state index contributed by atoms with van der Waals surface area (Å²) in [6, 6.07) is 6.86. The van der Waals surface area contributed by atoms with Crippen LogP contribution in [0.4, 0.5) is 0 Å². The molecule has 17 heavy (non-hydrogen) atoms. The van der Waals surface area contributed by atoms with Crippen molar-refractivity contribution in [3.8, 4) is 0 Å². The van der Waals surface area contributed by atoms with E-state index in [2.05, 4.69) is 0 Å². The Bertz CT molecular complexity index is 479. The lowest BCUT2D eigenvalue weighted by Crippen LogP contribution is -1.96. The van der Waals surface area contributed by atoms with Gasteiger partial charge in [0.2, 0.25) is 0 Å². The maximum atomic E-state index is 11.2. The van der Waals surface area contributed by atoms with Gasteiger partial charge in [0, 0.05) is 21.3 Å². The largest absolute Gasteiger partial charge is 0.261 e. The Morgan fingerprint density at radius 2 is 2.00 bits per heavy atom. The molecule has 0 aromatic heterocycles. The first kappa shape index (κ1) is 13.2. The average Bonchev–Trinajstić information content (AvgIpc) is 2.78. The number of rotatable bonds is 4. The molecular formula is C12H15ClO2S2. The van der Waals surface area contributed by atoms with Crippen LogP contribution in [-0.2, 0) is 9.05 Å². The fraction of sp³-hybridized carbons (Fsp3) is 0.500. The van der Waals surface area contributed by atoms with Crippen molar-refractivity contribution in [2.24, 2.45) is 5.92 Å². The van der Waals surface area contributed by atoms with Crippen molar-refractivity contribution in [2.75, 3.05) is 5.75 Å². The fourth-order valence-electron chi connectivity index (χ4n) is 2.11. The van der Waals surface area contributed by atoms with Gasteiger partial charge in [-0.3, -0.25) is 0 Å². The molecule has 0 saturated heterocycles. The first-order chi connectivity index (χ1) is 8.05. The molecule has 94 valence electrons. The van der Waals surface area contributed by atoms with Crippen molar-refractivity contribution in [1.29, 1.82) is 0 Å². The normalized spacial score (nSPS) is 17.5. The van der Waals surface area contributed by atoms with E-state index >= 15 is 0 Å². The van der Waals surface area contributed by atoms with Crippen molar-refractivity contribution in [2.45, 2.75) is 35.5 Å². The summed E-state index contributed by atoms with van der Waals surface area (Å²) in [6.07, 6.45) is 5.28. The van der Waals surface area contributed by atoms with Gasteiger partial charge in [-0.15, -0.1) is 11.8 Å². The highest BCUT2D eigenvalue weighted by Crippen LogP contribution is 2.31. The zero-order chi connectivity index (χ0) is 12.3. The summed E-state index contributed by atoms with van der Waals surface area (Å²) < 4.78 is 22.4. The second-order valence-corrected chi connectivity index (χ2v) is 8.03. The number of halogens is 1. The van der Waals surface area contributed by atoms with Gasteiger partial charge in [0.1, 0.15) is 0 Å². The molecule has 0 heterocycles. The summed E-state index contributed by atoms with van der Waals surface area (Å²) in [5.74, 6) is 1.86. The molecule has 1 aromatic rings. The predicted octanol–water partition coefficient (Wildman–Crippen LogP) is 3.90. The van der Waals surface area contributed by atoms with Crippen LogP contribution >= 0.6 is 22.4 Å². The molecule has 0 unspecified atom stereocenters. The smallest absolute Gasteiger partial charge is 0.207 e. The molecule has 1 aliphatic rings. The molecule has 1 aliphatic carbocycles. The van der Waals surface area contributed by atoms with Crippen LogP contribution in [-0.4, -0.2) is 14.2 Å². The van der Waals surface area contributed by atoms with Crippen LogP contribution in [0.25, 0.3) is 0 Å². The van der Waals surface area contributed by atoms with Gasteiger partial charge in [-0.25, -0.2) is 8.42 Å². The molecule has 5 heteroatoms. The van der Waals surface area contributed by atoms with E-state index in [-0.39, 0.29) is 4.90 Å². The number of hydrogen-bond acceptors (Lipinski definition) is 3. The summed E-state index contributed by atoms with van der Waals surface area (Å²) in [6.45, 7) is 0. The van der Waals surface area contributed by atoms with Crippen molar-refractivity contribution in [3.63, 3.8) is 0 Å². The molecule has 0 bridgehead atoms. The van der Waals surface area contributed by atoms with E-state index in [0.717, 1.165) is 16.6 Å². The van der Waals surface area contributed by atoms with Gasteiger partial charge in [0.25, 0.3) is 9.05 Å². The highest BCUT2D eigenvalue weighted by Gasteiger charge is 2.16. The second kappa shape index (κ2) is 5.63. The summed E-state index contributed by atoms with van der Waals surface area (Å²) in [5, 5.41) is 0. The lowest BCUT2D eigenvalue weighted by molar-refractivity contribution is 0.609. The summed E-state index contributed by atoms with van der Waals surface area (Å²) in [5.41, 5.74) is 0. The maximum absolute atomic E-state index is 11.2. The molecule has 1 fully saturated rings. The van der Waals surface area contributed by atoms with Gasteiger partial charge in [0.15, 0.2) is 0 Å². The number of hydrogen-bond donors (Lipinski definition) is 0. The van der Waals surface area contributed by atoms with Gasteiger partial charge in [-0.2, -0.15) is 0 Å². The topological polar surface area (TPSA) is 34.1 Å². The van der Waals surface area contributed by atoms with Crippen LogP contribution in [0, 0.1) is 5.92 Å². The van der Waals surface area contributed by atoms with Gasteiger partial charge in [-0.05, 0) is 37.0 Å². The Hall–Kier alpha value is -0.190. The van der Waals surface area contributed by atoms with Crippen molar-refractivity contribution < 1.29 is 8.42 Å². The second-order valence-electron chi connectivity index (χ2n) is 4.37. The molecule has 0 atom stereocenters.